The minimum Gasteiger partial charge on any atom is -0.207 e. The van der Waals surface area contributed by atoms with Crippen molar-refractivity contribution in [3.05, 3.63) is 28.8 Å². The van der Waals surface area contributed by atoms with Crippen LogP contribution in [-0.2, 0) is 10.0 Å². The molecule has 1 saturated carbocycles. The summed E-state index contributed by atoms with van der Waals surface area (Å²) in [5, 5.41) is 0. The summed E-state index contributed by atoms with van der Waals surface area (Å²) in [6, 6.07) is 3.97. The highest BCUT2D eigenvalue weighted by atomic mass is 32.2. The number of hydrogen-bond acceptors (Lipinski definition) is 2. The first-order chi connectivity index (χ1) is 8.75. The minimum atomic E-state index is -3.39. The van der Waals surface area contributed by atoms with E-state index < -0.39 is 10.0 Å². The highest BCUT2D eigenvalue weighted by molar-refractivity contribution is 7.89. The molecule has 2 rings (SSSR count). The van der Waals surface area contributed by atoms with E-state index in [1.54, 1.807) is 11.4 Å². The number of sulfonamides is 1. The molecular formula is C15H23NO2S. The van der Waals surface area contributed by atoms with Crippen LogP contribution >= 0.6 is 0 Å². The molecule has 0 N–H and O–H groups in total. The molecular weight excluding hydrogens is 258 g/mol. The van der Waals surface area contributed by atoms with Gasteiger partial charge in [0.15, 0.2) is 0 Å². The van der Waals surface area contributed by atoms with Gasteiger partial charge in [-0.05, 0) is 57.6 Å². The molecule has 1 unspecified atom stereocenters. The van der Waals surface area contributed by atoms with Gasteiger partial charge in [-0.25, -0.2) is 8.42 Å². The average Bonchev–Trinajstić information content (AvgIpc) is 3.08. The van der Waals surface area contributed by atoms with Crippen molar-refractivity contribution in [2.45, 2.75) is 51.5 Å². The second-order valence-electron chi connectivity index (χ2n) is 5.83. The number of nitrogens with zero attached hydrogens (tertiary/aromatic N) is 1. The maximum absolute atomic E-state index is 12.8. The quantitative estimate of drug-likeness (QED) is 0.850. The SMILES string of the molecule is Cc1cc(C)c(S(=O)(=O)N(C)C(C)C2CC2)c(C)c1. The maximum atomic E-state index is 12.8. The van der Waals surface area contributed by atoms with Crippen LogP contribution in [0.2, 0.25) is 0 Å². The zero-order valence-corrected chi connectivity index (χ0v) is 13.2. The molecule has 3 nitrogen and oxygen atoms in total. The van der Waals surface area contributed by atoms with Crippen LogP contribution < -0.4 is 0 Å². The normalized spacial score (nSPS) is 17.8. The lowest BCUT2D eigenvalue weighted by Gasteiger charge is -2.26. The Bertz CT molecular complexity index is 565. The van der Waals surface area contributed by atoms with Gasteiger partial charge in [-0.1, -0.05) is 17.7 Å². The van der Waals surface area contributed by atoms with E-state index in [1.165, 1.54) is 0 Å². The van der Waals surface area contributed by atoms with Crippen LogP contribution in [0.5, 0.6) is 0 Å². The molecule has 0 saturated heterocycles. The van der Waals surface area contributed by atoms with Crippen LogP contribution in [0, 0.1) is 26.7 Å². The topological polar surface area (TPSA) is 37.4 Å². The average molecular weight is 281 g/mol. The molecule has 0 aromatic heterocycles. The summed E-state index contributed by atoms with van der Waals surface area (Å²) in [5.41, 5.74) is 2.78. The molecule has 1 fully saturated rings. The smallest absolute Gasteiger partial charge is 0.207 e. The first-order valence-electron chi connectivity index (χ1n) is 6.81. The van der Waals surface area contributed by atoms with E-state index in [-0.39, 0.29) is 6.04 Å². The van der Waals surface area contributed by atoms with Gasteiger partial charge in [-0.2, -0.15) is 4.31 Å². The third-order valence-corrected chi connectivity index (χ3v) is 6.37. The lowest BCUT2D eigenvalue weighted by molar-refractivity contribution is 0.356. The van der Waals surface area contributed by atoms with Gasteiger partial charge in [-0.3, -0.25) is 0 Å². The lowest BCUT2D eigenvalue weighted by Crippen LogP contribution is -2.37. The molecule has 0 heterocycles. The predicted molar refractivity (Wildman–Crippen MR) is 77.8 cm³/mol. The van der Waals surface area contributed by atoms with Gasteiger partial charge >= 0.3 is 0 Å². The van der Waals surface area contributed by atoms with Crippen LogP contribution in [0.4, 0.5) is 0 Å². The molecule has 0 radical (unpaired) electrons. The van der Waals surface area contributed by atoms with Crippen LogP contribution in [0.3, 0.4) is 0 Å². The van der Waals surface area contributed by atoms with Gasteiger partial charge in [-0.15, -0.1) is 0 Å². The van der Waals surface area contributed by atoms with Gasteiger partial charge in [0.2, 0.25) is 10.0 Å². The maximum Gasteiger partial charge on any atom is 0.243 e. The van der Waals surface area contributed by atoms with Gasteiger partial charge in [0.1, 0.15) is 0 Å². The first kappa shape index (κ1) is 14.5. The van der Waals surface area contributed by atoms with E-state index in [0.717, 1.165) is 29.5 Å². The summed E-state index contributed by atoms with van der Waals surface area (Å²) in [5.74, 6) is 0.533. The van der Waals surface area contributed by atoms with Crippen LogP contribution in [-0.4, -0.2) is 25.8 Å². The summed E-state index contributed by atoms with van der Waals surface area (Å²) >= 11 is 0. The molecule has 0 amide bonds. The predicted octanol–water partition coefficient (Wildman–Crippen LogP) is 3.03. The van der Waals surface area contributed by atoms with E-state index in [0.29, 0.717) is 10.8 Å². The standard InChI is InChI=1S/C15H23NO2S/c1-10-8-11(2)15(12(3)9-10)19(17,18)16(5)13(4)14-6-7-14/h8-9,13-14H,6-7H2,1-5H3. The van der Waals surface area contributed by atoms with Gasteiger partial charge in [0.25, 0.3) is 0 Å². The Labute approximate surface area is 116 Å². The van der Waals surface area contributed by atoms with Crippen LogP contribution in [0.15, 0.2) is 17.0 Å². The van der Waals surface area contributed by atoms with Crippen molar-refractivity contribution < 1.29 is 8.42 Å². The largest absolute Gasteiger partial charge is 0.243 e. The Morgan fingerprint density at radius 2 is 1.63 bits per heavy atom. The Balaban J connectivity index is 2.44. The summed E-state index contributed by atoms with van der Waals surface area (Å²) < 4.78 is 27.1. The van der Waals surface area contributed by atoms with Gasteiger partial charge in [0.05, 0.1) is 4.90 Å². The number of rotatable bonds is 4. The van der Waals surface area contributed by atoms with Crippen LogP contribution in [0.25, 0.3) is 0 Å². The van der Waals surface area contributed by atoms with Crippen molar-refractivity contribution in [3.8, 4) is 0 Å². The van der Waals surface area contributed by atoms with Crippen molar-refractivity contribution >= 4 is 10.0 Å². The fourth-order valence-corrected chi connectivity index (χ4v) is 4.64. The third-order valence-electron chi connectivity index (χ3n) is 4.12. The summed E-state index contributed by atoms with van der Waals surface area (Å²) in [6.45, 7) is 7.76. The van der Waals surface area contributed by atoms with Gasteiger partial charge < -0.3 is 0 Å². The summed E-state index contributed by atoms with van der Waals surface area (Å²) in [7, 11) is -1.68. The van der Waals surface area contributed by atoms with E-state index in [1.807, 2.05) is 39.8 Å². The third kappa shape index (κ3) is 2.70. The zero-order chi connectivity index (χ0) is 14.4. The molecule has 1 aliphatic rings. The Kier molecular flexibility index (Phi) is 3.76. The Morgan fingerprint density at radius 3 is 2.05 bits per heavy atom. The van der Waals surface area contributed by atoms with Crippen molar-refractivity contribution in [2.24, 2.45) is 5.92 Å². The van der Waals surface area contributed by atoms with Crippen LogP contribution in [0.1, 0.15) is 36.5 Å². The summed E-state index contributed by atoms with van der Waals surface area (Å²) in [4.78, 5) is 0.480. The van der Waals surface area contributed by atoms with E-state index in [2.05, 4.69) is 0 Å². The highest BCUT2D eigenvalue weighted by Crippen LogP contribution is 2.37. The molecule has 106 valence electrons. The monoisotopic (exact) mass is 281 g/mol. The minimum absolute atomic E-state index is 0.0881. The Hall–Kier alpha value is -0.870. The number of hydrogen-bond donors (Lipinski definition) is 0. The zero-order valence-electron chi connectivity index (χ0n) is 12.4. The molecule has 1 aromatic rings. The second-order valence-corrected chi connectivity index (χ2v) is 7.76. The summed E-state index contributed by atoms with van der Waals surface area (Å²) in [6.07, 6.45) is 2.29. The van der Waals surface area contributed by atoms with Crippen molar-refractivity contribution in [2.75, 3.05) is 7.05 Å². The van der Waals surface area contributed by atoms with Crippen molar-refractivity contribution in [1.82, 2.24) is 4.31 Å². The van der Waals surface area contributed by atoms with E-state index in [9.17, 15) is 8.42 Å². The second kappa shape index (κ2) is 4.91. The van der Waals surface area contributed by atoms with E-state index >= 15 is 0 Å². The van der Waals surface area contributed by atoms with Crippen molar-refractivity contribution in [3.63, 3.8) is 0 Å². The molecule has 4 heteroatoms. The fraction of sp³-hybridized carbons (Fsp3) is 0.600. The lowest BCUT2D eigenvalue weighted by atomic mass is 10.1. The molecule has 0 aliphatic heterocycles. The molecule has 19 heavy (non-hydrogen) atoms. The number of aryl methyl sites for hydroxylation is 3. The first-order valence-corrected chi connectivity index (χ1v) is 8.25. The van der Waals surface area contributed by atoms with E-state index in [4.69, 9.17) is 0 Å². The fourth-order valence-electron chi connectivity index (χ4n) is 2.81. The molecule has 0 bridgehead atoms. The molecule has 1 atom stereocenters. The van der Waals surface area contributed by atoms with Gasteiger partial charge in [0, 0.05) is 13.1 Å². The number of benzene rings is 1. The molecule has 1 aromatic carbocycles. The molecule has 1 aliphatic carbocycles. The Morgan fingerprint density at radius 1 is 1.16 bits per heavy atom. The highest BCUT2D eigenvalue weighted by Gasteiger charge is 2.36. The molecule has 0 spiro atoms. The van der Waals surface area contributed by atoms with Crippen molar-refractivity contribution in [1.29, 1.82) is 0 Å².